The van der Waals surface area contributed by atoms with Gasteiger partial charge >= 0.3 is 0 Å². The fraction of sp³-hybridized carbons (Fsp3) is 0.944. The van der Waals surface area contributed by atoms with Gasteiger partial charge in [-0.3, -0.25) is 9.69 Å². The molecule has 0 aliphatic carbocycles. The number of amides is 1. The normalized spacial score (nSPS) is 30.7. The van der Waals surface area contributed by atoms with E-state index in [1.165, 1.54) is 19.3 Å². The predicted octanol–water partition coefficient (Wildman–Crippen LogP) is 1.45. The highest BCUT2D eigenvalue weighted by Crippen LogP contribution is 2.22. The van der Waals surface area contributed by atoms with Crippen LogP contribution in [0.5, 0.6) is 0 Å². The molecule has 3 rings (SSSR count). The molecular formula is C18H32N2O4S. The van der Waals surface area contributed by atoms with E-state index in [4.69, 9.17) is 4.74 Å². The number of likely N-dealkylation sites (tertiary alicyclic amines) is 1. The van der Waals surface area contributed by atoms with E-state index in [-0.39, 0.29) is 29.6 Å². The summed E-state index contributed by atoms with van der Waals surface area (Å²) >= 11 is 0. The second kappa shape index (κ2) is 8.82. The van der Waals surface area contributed by atoms with Crippen molar-refractivity contribution in [3.8, 4) is 0 Å². The molecular weight excluding hydrogens is 340 g/mol. The molecule has 3 aliphatic rings. The van der Waals surface area contributed by atoms with Crippen LogP contribution in [0.4, 0.5) is 0 Å². The van der Waals surface area contributed by atoms with Gasteiger partial charge in [0, 0.05) is 19.2 Å². The molecule has 0 spiro atoms. The van der Waals surface area contributed by atoms with Gasteiger partial charge in [-0.15, -0.1) is 0 Å². The van der Waals surface area contributed by atoms with E-state index < -0.39 is 9.84 Å². The summed E-state index contributed by atoms with van der Waals surface area (Å²) in [5.41, 5.74) is 0. The van der Waals surface area contributed by atoms with Crippen molar-refractivity contribution in [1.82, 2.24) is 9.80 Å². The van der Waals surface area contributed by atoms with E-state index in [2.05, 4.69) is 4.90 Å². The molecule has 3 saturated heterocycles. The van der Waals surface area contributed by atoms with Gasteiger partial charge in [-0.1, -0.05) is 19.3 Å². The van der Waals surface area contributed by atoms with Crippen LogP contribution in [-0.4, -0.2) is 80.6 Å². The highest BCUT2D eigenvalue weighted by molar-refractivity contribution is 7.91. The smallest absolute Gasteiger partial charge is 0.237 e. The quantitative estimate of drug-likeness (QED) is 0.731. The molecule has 2 unspecified atom stereocenters. The van der Waals surface area contributed by atoms with E-state index >= 15 is 0 Å². The standard InChI is InChI=1S/C18H32N2O4S/c21-18(14-19-9-4-2-1-3-5-10-19)20(13-17-7-6-11-24-17)16-8-12-25(22,23)15-16/h16-17H,1-15H2. The molecule has 3 heterocycles. The van der Waals surface area contributed by atoms with Crippen LogP contribution in [0.25, 0.3) is 0 Å². The number of hydrogen-bond acceptors (Lipinski definition) is 5. The minimum Gasteiger partial charge on any atom is -0.376 e. The summed E-state index contributed by atoms with van der Waals surface area (Å²) in [4.78, 5) is 17.1. The molecule has 3 fully saturated rings. The Labute approximate surface area is 151 Å². The van der Waals surface area contributed by atoms with Crippen molar-refractivity contribution in [3.05, 3.63) is 0 Å². The minimum absolute atomic E-state index is 0.0691. The molecule has 144 valence electrons. The first-order valence-corrected chi connectivity index (χ1v) is 11.7. The number of hydrogen-bond donors (Lipinski definition) is 0. The topological polar surface area (TPSA) is 66.9 Å². The lowest BCUT2D eigenvalue weighted by molar-refractivity contribution is -0.136. The van der Waals surface area contributed by atoms with Crippen molar-refractivity contribution in [3.63, 3.8) is 0 Å². The third kappa shape index (κ3) is 5.66. The maximum atomic E-state index is 13.0. The molecule has 0 aromatic rings. The van der Waals surface area contributed by atoms with Crippen molar-refractivity contribution < 1.29 is 17.9 Å². The average Bonchev–Trinajstić information content (AvgIpc) is 3.16. The van der Waals surface area contributed by atoms with Gasteiger partial charge in [-0.25, -0.2) is 8.42 Å². The summed E-state index contributed by atoms with van der Waals surface area (Å²) < 4.78 is 29.5. The van der Waals surface area contributed by atoms with Crippen molar-refractivity contribution in [2.75, 3.05) is 44.3 Å². The summed E-state index contributed by atoms with van der Waals surface area (Å²) in [7, 11) is -3.00. The number of nitrogens with zero attached hydrogens (tertiary/aromatic N) is 2. The van der Waals surface area contributed by atoms with Gasteiger partial charge in [0.2, 0.25) is 5.91 Å². The molecule has 0 radical (unpaired) electrons. The highest BCUT2D eigenvalue weighted by Gasteiger charge is 2.36. The second-order valence-electron chi connectivity index (χ2n) is 7.78. The number of carbonyl (C=O) groups is 1. The zero-order valence-electron chi connectivity index (χ0n) is 15.2. The first kappa shape index (κ1) is 19.1. The monoisotopic (exact) mass is 372 g/mol. The maximum absolute atomic E-state index is 13.0. The van der Waals surface area contributed by atoms with Crippen LogP contribution in [0.1, 0.15) is 51.4 Å². The minimum atomic E-state index is -3.00. The van der Waals surface area contributed by atoms with Crippen LogP contribution >= 0.6 is 0 Å². The Morgan fingerprint density at radius 3 is 2.36 bits per heavy atom. The van der Waals surface area contributed by atoms with Crippen LogP contribution in [0, 0.1) is 0 Å². The Hall–Kier alpha value is -0.660. The second-order valence-corrected chi connectivity index (χ2v) is 10.0. The summed E-state index contributed by atoms with van der Waals surface area (Å²) in [6.07, 6.45) is 8.71. The number of carbonyl (C=O) groups excluding carboxylic acids is 1. The Morgan fingerprint density at radius 1 is 1.04 bits per heavy atom. The van der Waals surface area contributed by atoms with E-state index in [0.29, 0.717) is 19.5 Å². The molecule has 0 bridgehead atoms. The summed E-state index contributed by atoms with van der Waals surface area (Å²) in [5.74, 6) is 0.403. The van der Waals surface area contributed by atoms with Crippen molar-refractivity contribution >= 4 is 15.7 Å². The van der Waals surface area contributed by atoms with Gasteiger partial charge in [0.1, 0.15) is 0 Å². The lowest BCUT2D eigenvalue weighted by Gasteiger charge is -2.33. The molecule has 2 atom stereocenters. The molecule has 0 aromatic carbocycles. The third-order valence-electron chi connectivity index (χ3n) is 5.70. The lowest BCUT2D eigenvalue weighted by Crippen LogP contribution is -2.49. The molecule has 1 amide bonds. The molecule has 0 saturated carbocycles. The van der Waals surface area contributed by atoms with Crippen molar-refractivity contribution in [2.45, 2.75) is 63.5 Å². The van der Waals surface area contributed by atoms with Gasteiger partial charge in [-0.2, -0.15) is 0 Å². The largest absolute Gasteiger partial charge is 0.376 e. The Kier molecular flexibility index (Phi) is 6.74. The van der Waals surface area contributed by atoms with Crippen LogP contribution in [-0.2, 0) is 19.4 Å². The van der Waals surface area contributed by atoms with E-state index in [1.807, 2.05) is 4.90 Å². The molecule has 0 N–H and O–H groups in total. The summed E-state index contributed by atoms with van der Waals surface area (Å²) in [6, 6.07) is -0.170. The van der Waals surface area contributed by atoms with Crippen molar-refractivity contribution in [1.29, 1.82) is 0 Å². The maximum Gasteiger partial charge on any atom is 0.237 e. The predicted molar refractivity (Wildman–Crippen MR) is 97.3 cm³/mol. The average molecular weight is 373 g/mol. The van der Waals surface area contributed by atoms with E-state index in [1.54, 1.807) is 0 Å². The van der Waals surface area contributed by atoms with E-state index in [0.717, 1.165) is 45.4 Å². The molecule has 6 nitrogen and oxygen atoms in total. The SMILES string of the molecule is O=C(CN1CCCCCCC1)N(CC1CCCO1)C1CCS(=O)(=O)C1. The van der Waals surface area contributed by atoms with Gasteiger partial charge < -0.3 is 9.64 Å². The number of sulfone groups is 1. The Bertz CT molecular complexity index is 537. The van der Waals surface area contributed by atoms with Gasteiger partial charge in [0.05, 0.1) is 24.2 Å². The lowest BCUT2D eigenvalue weighted by atomic mass is 10.1. The first-order valence-electron chi connectivity index (χ1n) is 9.87. The van der Waals surface area contributed by atoms with Crippen LogP contribution in [0.15, 0.2) is 0 Å². The van der Waals surface area contributed by atoms with Crippen LogP contribution in [0.2, 0.25) is 0 Å². The van der Waals surface area contributed by atoms with Gasteiger partial charge in [0.25, 0.3) is 0 Å². The molecule has 3 aliphatic heterocycles. The first-order chi connectivity index (χ1) is 12.0. The fourth-order valence-corrected chi connectivity index (χ4v) is 5.97. The van der Waals surface area contributed by atoms with Crippen LogP contribution in [0.3, 0.4) is 0 Å². The third-order valence-corrected chi connectivity index (χ3v) is 7.45. The van der Waals surface area contributed by atoms with Gasteiger partial charge in [-0.05, 0) is 45.2 Å². The molecule has 0 aromatic heterocycles. The summed E-state index contributed by atoms with van der Waals surface area (Å²) in [6.45, 7) is 3.67. The highest BCUT2D eigenvalue weighted by atomic mass is 32.2. The number of rotatable bonds is 5. The Morgan fingerprint density at radius 2 is 1.76 bits per heavy atom. The summed E-state index contributed by atoms with van der Waals surface area (Å²) in [5, 5.41) is 0. The van der Waals surface area contributed by atoms with E-state index in [9.17, 15) is 13.2 Å². The number of ether oxygens (including phenoxy) is 1. The van der Waals surface area contributed by atoms with Gasteiger partial charge in [0.15, 0.2) is 9.84 Å². The zero-order chi connectivity index (χ0) is 17.7. The zero-order valence-corrected chi connectivity index (χ0v) is 16.0. The molecule has 7 heteroatoms. The Balaban J connectivity index is 1.63. The van der Waals surface area contributed by atoms with Crippen molar-refractivity contribution in [2.24, 2.45) is 0 Å². The molecule has 25 heavy (non-hydrogen) atoms. The fourth-order valence-electron chi connectivity index (χ4n) is 4.24. The van der Waals surface area contributed by atoms with Crippen LogP contribution < -0.4 is 0 Å².